The highest BCUT2D eigenvalue weighted by Crippen LogP contribution is 2.15. The quantitative estimate of drug-likeness (QED) is 0.871. The van der Waals surface area contributed by atoms with E-state index in [-0.39, 0.29) is 24.7 Å². The summed E-state index contributed by atoms with van der Waals surface area (Å²) in [6.07, 6.45) is 0. The summed E-state index contributed by atoms with van der Waals surface area (Å²) in [5, 5.41) is 11.9. The Balaban J connectivity index is 2.51. The molecule has 2 N–H and O–H groups in total. The van der Waals surface area contributed by atoms with Crippen LogP contribution in [0.15, 0.2) is 29.1 Å². The number of aliphatic hydroxyl groups excluding tert-OH is 1. The van der Waals surface area contributed by atoms with Crippen LogP contribution in [0, 0.1) is 0 Å². The zero-order valence-electron chi connectivity index (χ0n) is 10.9. The first kappa shape index (κ1) is 14.4. The average Bonchev–Trinajstić information content (AvgIpc) is 2.39. The molecule has 20 heavy (non-hydrogen) atoms. The summed E-state index contributed by atoms with van der Waals surface area (Å²) in [5.74, 6) is -2.89. The van der Waals surface area contributed by atoms with E-state index in [0.29, 0.717) is 10.9 Å². The van der Waals surface area contributed by atoms with Crippen LogP contribution >= 0.6 is 0 Å². The molecule has 0 atom stereocenters. The standard InChI is InChI=1S/C13H15F2N3O2/c1-13(14,15)8-16-12-17-10-5-3-2-4-9(10)11(20)18(12)6-7-19/h2-5,19H,6-8H2,1H3,(H,16,17). The van der Waals surface area contributed by atoms with Gasteiger partial charge in [0.2, 0.25) is 5.95 Å². The number of fused-ring (bicyclic) bond motifs is 1. The number of halogens is 2. The van der Waals surface area contributed by atoms with Gasteiger partial charge in [0.05, 0.1) is 30.6 Å². The number of alkyl halides is 2. The molecule has 1 aromatic heterocycles. The normalized spacial score (nSPS) is 11.8. The van der Waals surface area contributed by atoms with Crippen LogP contribution in [0.5, 0.6) is 0 Å². The van der Waals surface area contributed by atoms with Crippen molar-refractivity contribution in [3.8, 4) is 0 Å². The molecule has 0 spiro atoms. The van der Waals surface area contributed by atoms with Crippen LogP contribution in [0.4, 0.5) is 14.7 Å². The zero-order chi connectivity index (χ0) is 14.8. The molecule has 5 nitrogen and oxygen atoms in total. The number of aliphatic hydroxyl groups is 1. The van der Waals surface area contributed by atoms with E-state index in [0.717, 1.165) is 11.5 Å². The van der Waals surface area contributed by atoms with Gasteiger partial charge >= 0.3 is 0 Å². The lowest BCUT2D eigenvalue weighted by Crippen LogP contribution is -2.30. The van der Waals surface area contributed by atoms with Crippen LogP contribution in [0.2, 0.25) is 0 Å². The molecule has 0 saturated carbocycles. The molecule has 0 saturated heterocycles. The Morgan fingerprint density at radius 3 is 2.75 bits per heavy atom. The first-order valence-electron chi connectivity index (χ1n) is 6.14. The van der Waals surface area contributed by atoms with Crippen LogP contribution in [0.25, 0.3) is 10.9 Å². The van der Waals surface area contributed by atoms with Crippen molar-refractivity contribution >= 4 is 16.9 Å². The summed E-state index contributed by atoms with van der Waals surface area (Å²) in [7, 11) is 0. The number of aromatic nitrogens is 2. The van der Waals surface area contributed by atoms with E-state index in [9.17, 15) is 13.6 Å². The smallest absolute Gasteiger partial charge is 0.262 e. The number of nitrogens with one attached hydrogen (secondary N) is 1. The third kappa shape index (κ3) is 3.11. The van der Waals surface area contributed by atoms with Gasteiger partial charge in [-0.15, -0.1) is 0 Å². The van der Waals surface area contributed by atoms with Gasteiger partial charge in [0.15, 0.2) is 0 Å². The molecular weight excluding hydrogens is 268 g/mol. The lowest BCUT2D eigenvalue weighted by molar-refractivity contribution is 0.0365. The minimum atomic E-state index is -2.92. The van der Waals surface area contributed by atoms with Gasteiger partial charge in [-0.3, -0.25) is 9.36 Å². The number of anilines is 1. The number of para-hydroxylation sites is 1. The van der Waals surface area contributed by atoms with Crippen LogP contribution in [0.1, 0.15) is 6.92 Å². The number of benzene rings is 1. The van der Waals surface area contributed by atoms with E-state index in [1.54, 1.807) is 24.3 Å². The lowest BCUT2D eigenvalue weighted by Gasteiger charge is -2.16. The van der Waals surface area contributed by atoms with E-state index < -0.39 is 12.5 Å². The maximum atomic E-state index is 12.9. The van der Waals surface area contributed by atoms with Gasteiger partial charge in [0.1, 0.15) is 0 Å². The third-order valence-corrected chi connectivity index (χ3v) is 2.74. The third-order valence-electron chi connectivity index (χ3n) is 2.74. The van der Waals surface area contributed by atoms with E-state index in [4.69, 9.17) is 5.11 Å². The molecule has 108 valence electrons. The van der Waals surface area contributed by atoms with Crippen LogP contribution in [-0.4, -0.2) is 33.7 Å². The molecule has 0 aliphatic carbocycles. The van der Waals surface area contributed by atoms with Crippen molar-refractivity contribution in [1.29, 1.82) is 0 Å². The Morgan fingerprint density at radius 1 is 1.40 bits per heavy atom. The summed E-state index contributed by atoms with van der Waals surface area (Å²) < 4.78 is 27.0. The summed E-state index contributed by atoms with van der Waals surface area (Å²) in [6.45, 7) is -0.149. The molecule has 0 amide bonds. The Bertz CT molecular complexity index is 665. The van der Waals surface area contributed by atoms with E-state index in [1.165, 1.54) is 0 Å². The Hall–Kier alpha value is -2.02. The molecule has 7 heteroatoms. The monoisotopic (exact) mass is 283 g/mol. The fraction of sp³-hybridized carbons (Fsp3) is 0.385. The highest BCUT2D eigenvalue weighted by molar-refractivity contribution is 5.78. The van der Waals surface area contributed by atoms with Crippen LogP contribution in [-0.2, 0) is 6.54 Å². The number of hydrogen-bond acceptors (Lipinski definition) is 4. The first-order chi connectivity index (χ1) is 9.42. The molecule has 0 aliphatic rings. The van der Waals surface area contributed by atoms with E-state index in [2.05, 4.69) is 10.3 Å². The predicted molar refractivity (Wildman–Crippen MR) is 72.2 cm³/mol. The highest BCUT2D eigenvalue weighted by atomic mass is 19.3. The van der Waals surface area contributed by atoms with Gasteiger partial charge < -0.3 is 10.4 Å². The fourth-order valence-electron chi connectivity index (χ4n) is 1.84. The van der Waals surface area contributed by atoms with Crippen molar-refractivity contribution in [2.75, 3.05) is 18.5 Å². The molecule has 0 fully saturated rings. The summed E-state index contributed by atoms with van der Waals surface area (Å²) in [5.41, 5.74) is 0.0557. The molecule has 2 rings (SSSR count). The molecule has 0 radical (unpaired) electrons. The number of nitrogens with zero attached hydrogens (tertiary/aromatic N) is 2. The largest absolute Gasteiger partial charge is 0.395 e. The second kappa shape index (κ2) is 5.54. The second-order valence-electron chi connectivity index (χ2n) is 4.56. The van der Waals surface area contributed by atoms with Crippen molar-refractivity contribution in [3.05, 3.63) is 34.6 Å². The van der Waals surface area contributed by atoms with Crippen LogP contribution < -0.4 is 10.9 Å². The lowest BCUT2D eigenvalue weighted by atomic mass is 10.2. The Morgan fingerprint density at radius 2 is 2.10 bits per heavy atom. The average molecular weight is 283 g/mol. The van der Waals surface area contributed by atoms with Gasteiger partial charge in [0, 0.05) is 6.92 Å². The van der Waals surface area contributed by atoms with Crippen molar-refractivity contribution < 1.29 is 13.9 Å². The van der Waals surface area contributed by atoms with E-state index >= 15 is 0 Å². The van der Waals surface area contributed by atoms with E-state index in [1.807, 2.05) is 0 Å². The van der Waals surface area contributed by atoms with Crippen molar-refractivity contribution in [2.24, 2.45) is 0 Å². The topological polar surface area (TPSA) is 67.2 Å². The molecule has 1 aromatic carbocycles. The maximum absolute atomic E-state index is 12.9. The predicted octanol–water partition coefficient (Wildman–Crippen LogP) is 1.46. The molecule has 0 unspecified atom stereocenters. The molecule has 0 aliphatic heterocycles. The minimum absolute atomic E-state index is 0.00567. The summed E-state index contributed by atoms with van der Waals surface area (Å²) in [4.78, 5) is 16.4. The van der Waals surface area contributed by atoms with Crippen molar-refractivity contribution in [2.45, 2.75) is 19.4 Å². The molecule has 2 aromatic rings. The van der Waals surface area contributed by atoms with Gasteiger partial charge in [-0.05, 0) is 12.1 Å². The Labute approximate surface area is 113 Å². The van der Waals surface area contributed by atoms with Gasteiger partial charge in [0.25, 0.3) is 11.5 Å². The van der Waals surface area contributed by atoms with Crippen molar-refractivity contribution in [3.63, 3.8) is 0 Å². The van der Waals surface area contributed by atoms with Gasteiger partial charge in [-0.2, -0.15) is 0 Å². The second-order valence-corrected chi connectivity index (χ2v) is 4.56. The summed E-state index contributed by atoms with van der Waals surface area (Å²) >= 11 is 0. The SMILES string of the molecule is CC(F)(F)CNc1nc2ccccc2c(=O)n1CCO. The van der Waals surface area contributed by atoms with Gasteiger partial charge in [-0.1, -0.05) is 12.1 Å². The van der Waals surface area contributed by atoms with Crippen LogP contribution in [0.3, 0.4) is 0 Å². The first-order valence-corrected chi connectivity index (χ1v) is 6.14. The number of rotatable bonds is 5. The van der Waals surface area contributed by atoms with Crippen molar-refractivity contribution in [1.82, 2.24) is 9.55 Å². The molecule has 1 heterocycles. The van der Waals surface area contributed by atoms with Gasteiger partial charge in [-0.25, -0.2) is 13.8 Å². The maximum Gasteiger partial charge on any atom is 0.262 e. The summed E-state index contributed by atoms with van der Waals surface area (Å²) in [6, 6.07) is 6.65. The molecular formula is C13H15F2N3O2. The minimum Gasteiger partial charge on any atom is -0.395 e. The highest BCUT2D eigenvalue weighted by Gasteiger charge is 2.22. The fourth-order valence-corrected chi connectivity index (χ4v) is 1.84. The molecule has 0 bridgehead atoms. The Kier molecular flexibility index (Phi) is 3.99. The number of hydrogen-bond donors (Lipinski definition) is 2. The zero-order valence-corrected chi connectivity index (χ0v) is 10.9.